The van der Waals surface area contributed by atoms with E-state index in [1.165, 1.54) is 12.8 Å². The first kappa shape index (κ1) is 12.8. The van der Waals surface area contributed by atoms with Crippen LogP contribution in [0.3, 0.4) is 0 Å². The topological polar surface area (TPSA) is 51.0 Å². The summed E-state index contributed by atoms with van der Waals surface area (Å²) in [7, 11) is 0. The predicted octanol–water partition coefficient (Wildman–Crippen LogP) is 2.26. The predicted molar refractivity (Wildman–Crippen MR) is 67.5 cm³/mol. The van der Waals surface area contributed by atoms with Crippen molar-refractivity contribution < 1.29 is 4.52 Å². The normalized spacial score (nSPS) is 31.6. The van der Waals surface area contributed by atoms with Crippen molar-refractivity contribution in [1.82, 2.24) is 15.5 Å². The lowest BCUT2D eigenvalue weighted by molar-refractivity contribution is 0.351. The van der Waals surface area contributed by atoms with Gasteiger partial charge in [-0.05, 0) is 24.8 Å². The first-order valence-electron chi connectivity index (χ1n) is 6.06. The van der Waals surface area contributed by atoms with Crippen LogP contribution in [0.2, 0.25) is 0 Å². The largest absolute Gasteiger partial charge is 0.339 e. The Kier molecular flexibility index (Phi) is 2.99. The molecule has 1 spiro atoms. The number of hydrogen-bond acceptors (Lipinski definition) is 4. The molecule has 1 saturated carbocycles. The number of halogens is 1. The van der Waals surface area contributed by atoms with Crippen molar-refractivity contribution in [2.75, 3.05) is 13.1 Å². The summed E-state index contributed by atoms with van der Waals surface area (Å²) in [6.45, 7) is 8.59. The molecule has 1 N–H and O–H groups in total. The van der Waals surface area contributed by atoms with Crippen molar-refractivity contribution >= 4 is 12.4 Å². The third-order valence-corrected chi connectivity index (χ3v) is 3.88. The van der Waals surface area contributed by atoms with Crippen molar-refractivity contribution in [3.05, 3.63) is 11.7 Å². The van der Waals surface area contributed by atoms with E-state index in [1.54, 1.807) is 0 Å². The van der Waals surface area contributed by atoms with Crippen LogP contribution >= 0.6 is 12.4 Å². The Morgan fingerprint density at radius 2 is 2.18 bits per heavy atom. The fourth-order valence-electron chi connectivity index (χ4n) is 2.61. The zero-order chi connectivity index (χ0) is 11.4. The van der Waals surface area contributed by atoms with Crippen molar-refractivity contribution in [3.63, 3.8) is 0 Å². The summed E-state index contributed by atoms with van der Waals surface area (Å²) in [6, 6.07) is 0. The van der Waals surface area contributed by atoms with Crippen LogP contribution in [0, 0.1) is 5.41 Å². The molecule has 1 aliphatic heterocycles. The fraction of sp³-hybridized carbons (Fsp3) is 0.833. The summed E-state index contributed by atoms with van der Waals surface area (Å²) < 4.78 is 5.41. The lowest BCUT2D eigenvalue weighted by Gasteiger charge is -2.10. The highest BCUT2D eigenvalue weighted by molar-refractivity contribution is 5.85. The molecule has 2 atom stereocenters. The smallest absolute Gasteiger partial charge is 0.230 e. The van der Waals surface area contributed by atoms with E-state index in [9.17, 15) is 0 Å². The fourth-order valence-corrected chi connectivity index (χ4v) is 2.61. The van der Waals surface area contributed by atoms with E-state index in [0.717, 1.165) is 24.8 Å². The second-order valence-corrected chi connectivity index (χ2v) is 6.25. The molecule has 0 radical (unpaired) electrons. The van der Waals surface area contributed by atoms with Crippen LogP contribution in [-0.4, -0.2) is 23.2 Å². The zero-order valence-corrected chi connectivity index (χ0v) is 11.4. The van der Waals surface area contributed by atoms with Gasteiger partial charge in [-0.2, -0.15) is 4.98 Å². The maximum atomic E-state index is 5.41. The standard InChI is InChI=1S/C12H19N3O.ClH/c1-11(2,3)10-14-9(16-15-10)8-6-12(8)4-5-13-7-12;/h8,13H,4-7H2,1-3H3;1H. The van der Waals surface area contributed by atoms with Gasteiger partial charge in [-0.1, -0.05) is 25.9 Å². The van der Waals surface area contributed by atoms with E-state index < -0.39 is 0 Å². The van der Waals surface area contributed by atoms with Gasteiger partial charge < -0.3 is 9.84 Å². The summed E-state index contributed by atoms with van der Waals surface area (Å²) in [5.41, 5.74) is 0.430. The Morgan fingerprint density at radius 1 is 1.41 bits per heavy atom. The minimum atomic E-state index is -0.0161. The lowest BCUT2D eigenvalue weighted by atomic mass is 9.96. The Labute approximate surface area is 108 Å². The van der Waals surface area contributed by atoms with Gasteiger partial charge in [0.2, 0.25) is 5.89 Å². The number of aromatic nitrogens is 2. The molecular weight excluding hydrogens is 238 g/mol. The third kappa shape index (κ3) is 2.08. The van der Waals surface area contributed by atoms with Crippen LogP contribution in [0.4, 0.5) is 0 Å². The van der Waals surface area contributed by atoms with Crippen LogP contribution in [0.5, 0.6) is 0 Å². The van der Waals surface area contributed by atoms with E-state index in [-0.39, 0.29) is 17.8 Å². The Bertz CT molecular complexity index is 404. The van der Waals surface area contributed by atoms with Gasteiger partial charge in [-0.3, -0.25) is 0 Å². The van der Waals surface area contributed by atoms with Crippen molar-refractivity contribution in [1.29, 1.82) is 0 Å². The van der Waals surface area contributed by atoms with Crippen LogP contribution < -0.4 is 5.32 Å². The minimum Gasteiger partial charge on any atom is -0.339 e. The molecule has 5 heteroatoms. The molecule has 2 fully saturated rings. The van der Waals surface area contributed by atoms with Crippen LogP contribution in [0.1, 0.15) is 51.2 Å². The van der Waals surface area contributed by atoms with E-state index in [1.807, 2.05) is 0 Å². The van der Waals surface area contributed by atoms with Crippen LogP contribution in [0.15, 0.2) is 4.52 Å². The summed E-state index contributed by atoms with van der Waals surface area (Å²) >= 11 is 0. The Morgan fingerprint density at radius 3 is 2.71 bits per heavy atom. The minimum absolute atomic E-state index is 0. The van der Waals surface area contributed by atoms with Crippen molar-refractivity contribution in [2.24, 2.45) is 5.41 Å². The van der Waals surface area contributed by atoms with Gasteiger partial charge in [0.1, 0.15) is 0 Å². The molecule has 17 heavy (non-hydrogen) atoms. The van der Waals surface area contributed by atoms with E-state index in [0.29, 0.717) is 11.3 Å². The number of nitrogens with one attached hydrogen (secondary N) is 1. The van der Waals surface area contributed by atoms with Gasteiger partial charge >= 0.3 is 0 Å². The van der Waals surface area contributed by atoms with Gasteiger partial charge in [-0.15, -0.1) is 12.4 Å². The molecule has 1 aromatic rings. The van der Waals surface area contributed by atoms with Crippen molar-refractivity contribution in [2.45, 2.75) is 44.9 Å². The first-order valence-corrected chi connectivity index (χ1v) is 6.06. The van der Waals surface area contributed by atoms with Gasteiger partial charge in [-0.25, -0.2) is 0 Å². The third-order valence-electron chi connectivity index (χ3n) is 3.88. The molecule has 1 aliphatic carbocycles. The summed E-state index contributed by atoms with van der Waals surface area (Å²) in [5.74, 6) is 2.19. The Balaban J connectivity index is 0.00000108. The highest BCUT2D eigenvalue weighted by Crippen LogP contribution is 2.62. The average molecular weight is 258 g/mol. The molecule has 96 valence electrons. The average Bonchev–Trinajstić information content (AvgIpc) is 2.64. The highest BCUT2D eigenvalue weighted by Gasteiger charge is 2.58. The maximum absolute atomic E-state index is 5.41. The van der Waals surface area contributed by atoms with E-state index >= 15 is 0 Å². The van der Waals surface area contributed by atoms with Gasteiger partial charge in [0.05, 0.1) is 0 Å². The van der Waals surface area contributed by atoms with Crippen LogP contribution in [-0.2, 0) is 5.41 Å². The number of rotatable bonds is 1. The molecule has 2 aliphatic rings. The molecule has 1 aromatic heterocycles. The second kappa shape index (κ2) is 3.95. The highest BCUT2D eigenvalue weighted by atomic mass is 35.5. The Hall–Kier alpha value is -0.610. The van der Waals surface area contributed by atoms with Gasteiger partial charge in [0, 0.05) is 17.9 Å². The molecule has 4 nitrogen and oxygen atoms in total. The zero-order valence-electron chi connectivity index (χ0n) is 10.6. The van der Waals surface area contributed by atoms with E-state index in [2.05, 4.69) is 36.2 Å². The number of nitrogens with zero attached hydrogens (tertiary/aromatic N) is 2. The van der Waals surface area contributed by atoms with Gasteiger partial charge in [0.15, 0.2) is 5.82 Å². The summed E-state index contributed by atoms with van der Waals surface area (Å²) in [6.07, 6.45) is 2.47. The molecule has 2 unspecified atom stereocenters. The molecule has 0 bridgehead atoms. The monoisotopic (exact) mass is 257 g/mol. The lowest BCUT2D eigenvalue weighted by Crippen LogP contribution is -2.13. The second-order valence-electron chi connectivity index (χ2n) is 6.25. The molecule has 0 aromatic carbocycles. The molecule has 1 saturated heterocycles. The molecular formula is C12H20ClN3O. The van der Waals surface area contributed by atoms with E-state index in [4.69, 9.17) is 4.52 Å². The molecule has 2 heterocycles. The summed E-state index contributed by atoms with van der Waals surface area (Å²) in [5, 5.41) is 7.52. The molecule has 3 rings (SSSR count). The van der Waals surface area contributed by atoms with Gasteiger partial charge in [0.25, 0.3) is 0 Å². The maximum Gasteiger partial charge on any atom is 0.230 e. The van der Waals surface area contributed by atoms with Crippen LogP contribution in [0.25, 0.3) is 0 Å². The first-order chi connectivity index (χ1) is 7.51. The van der Waals surface area contributed by atoms with Crippen molar-refractivity contribution in [3.8, 4) is 0 Å². The SMILES string of the molecule is CC(C)(C)c1noc(C2CC23CCNC3)n1.Cl. The number of hydrogen-bond donors (Lipinski definition) is 1. The summed E-state index contributed by atoms with van der Waals surface area (Å²) in [4.78, 5) is 4.56. The molecule has 0 amide bonds. The quantitative estimate of drug-likeness (QED) is 0.839.